The Bertz CT molecular complexity index is 229. The van der Waals surface area contributed by atoms with E-state index in [9.17, 15) is 0 Å². The minimum atomic E-state index is 0.611. The molecule has 2 aliphatic rings. The smallest absolute Gasteiger partial charge is 0.0100 e. The van der Waals surface area contributed by atoms with Gasteiger partial charge in [-0.15, -0.1) is 0 Å². The highest BCUT2D eigenvalue weighted by molar-refractivity contribution is 9.09. The van der Waals surface area contributed by atoms with Gasteiger partial charge in [-0.25, -0.2) is 0 Å². The van der Waals surface area contributed by atoms with Crippen LogP contribution in [0.1, 0.15) is 58.8 Å². The Labute approximate surface area is 115 Å². The molecule has 0 saturated heterocycles. The Morgan fingerprint density at radius 3 is 2.35 bits per heavy atom. The van der Waals surface area contributed by atoms with Gasteiger partial charge < -0.3 is 0 Å². The van der Waals surface area contributed by atoms with Crippen molar-refractivity contribution in [1.29, 1.82) is 0 Å². The predicted octanol–water partition coefficient (Wildman–Crippen LogP) is 4.45. The second kappa shape index (κ2) is 6.06. The number of hydrogen-bond acceptors (Lipinski definition) is 1. The van der Waals surface area contributed by atoms with E-state index in [1.807, 2.05) is 0 Å². The highest BCUT2D eigenvalue weighted by atomic mass is 79.9. The van der Waals surface area contributed by atoms with Crippen LogP contribution in [0.15, 0.2) is 0 Å². The van der Waals surface area contributed by atoms with Crippen molar-refractivity contribution in [1.82, 2.24) is 4.90 Å². The summed E-state index contributed by atoms with van der Waals surface area (Å²) in [5.74, 6) is 0.847. The molecule has 0 N–H and O–H groups in total. The maximum atomic E-state index is 3.78. The molecule has 1 nitrogen and oxygen atoms in total. The Balaban J connectivity index is 1.87. The van der Waals surface area contributed by atoms with E-state index in [4.69, 9.17) is 0 Å². The zero-order chi connectivity index (χ0) is 12.3. The third-order valence-corrected chi connectivity index (χ3v) is 5.73. The van der Waals surface area contributed by atoms with Gasteiger partial charge in [-0.05, 0) is 50.0 Å². The van der Waals surface area contributed by atoms with Gasteiger partial charge in [0.25, 0.3) is 0 Å². The Kier molecular flexibility index (Phi) is 4.94. The molecule has 0 bridgehead atoms. The monoisotopic (exact) mass is 301 g/mol. The first-order chi connectivity index (χ1) is 8.15. The van der Waals surface area contributed by atoms with E-state index < -0.39 is 0 Å². The maximum absolute atomic E-state index is 3.78. The van der Waals surface area contributed by atoms with Gasteiger partial charge in [0.2, 0.25) is 0 Å². The fourth-order valence-corrected chi connectivity index (χ4v) is 3.88. The minimum Gasteiger partial charge on any atom is -0.300 e. The number of nitrogens with zero attached hydrogens (tertiary/aromatic N) is 1. The first kappa shape index (κ1) is 13.9. The molecule has 0 spiro atoms. The topological polar surface area (TPSA) is 3.24 Å². The molecular weight excluding hydrogens is 274 g/mol. The summed E-state index contributed by atoms with van der Waals surface area (Å²) in [7, 11) is 0. The average Bonchev–Trinajstić information content (AvgIpc) is 3.05. The molecule has 0 amide bonds. The van der Waals surface area contributed by atoms with E-state index in [0.29, 0.717) is 5.41 Å². The molecule has 0 aromatic heterocycles. The van der Waals surface area contributed by atoms with E-state index >= 15 is 0 Å². The molecular formula is C15H28BrN. The van der Waals surface area contributed by atoms with Gasteiger partial charge in [-0.1, -0.05) is 42.6 Å². The van der Waals surface area contributed by atoms with Gasteiger partial charge in [0.1, 0.15) is 0 Å². The number of hydrogen-bond donors (Lipinski definition) is 0. The molecule has 0 aromatic rings. The van der Waals surface area contributed by atoms with E-state index in [1.54, 1.807) is 0 Å². The number of halogens is 1. The average molecular weight is 302 g/mol. The zero-order valence-corrected chi connectivity index (χ0v) is 13.1. The predicted molar refractivity (Wildman–Crippen MR) is 78.7 cm³/mol. The van der Waals surface area contributed by atoms with Crippen LogP contribution in [-0.2, 0) is 0 Å². The highest BCUT2D eigenvalue weighted by Crippen LogP contribution is 2.42. The van der Waals surface area contributed by atoms with Crippen molar-refractivity contribution < 1.29 is 0 Å². The number of alkyl halides is 1. The van der Waals surface area contributed by atoms with Crippen LogP contribution in [0.4, 0.5) is 0 Å². The molecule has 2 rings (SSSR count). The van der Waals surface area contributed by atoms with Crippen LogP contribution >= 0.6 is 15.9 Å². The molecule has 100 valence electrons. The summed E-state index contributed by atoms with van der Waals surface area (Å²) in [4.78, 5) is 2.81. The summed E-state index contributed by atoms with van der Waals surface area (Å²) in [6, 6.07) is 0.935. The fourth-order valence-electron chi connectivity index (χ4n) is 3.14. The summed E-state index contributed by atoms with van der Waals surface area (Å²) in [5.41, 5.74) is 0.611. The van der Waals surface area contributed by atoms with Gasteiger partial charge in [-0.3, -0.25) is 4.90 Å². The van der Waals surface area contributed by atoms with Crippen molar-refractivity contribution in [3.05, 3.63) is 0 Å². The summed E-state index contributed by atoms with van der Waals surface area (Å²) in [6.07, 6.45) is 10.1. The highest BCUT2D eigenvalue weighted by Gasteiger charge is 2.38. The van der Waals surface area contributed by atoms with Crippen molar-refractivity contribution in [2.24, 2.45) is 11.3 Å². The second-order valence-electron chi connectivity index (χ2n) is 6.72. The van der Waals surface area contributed by atoms with Gasteiger partial charge in [0, 0.05) is 17.9 Å². The standard InChI is InChI=1S/C15H28BrN/c1-13(2)7-10-17(14-5-6-14)12-15(11-16)8-3-4-9-15/h13-14H,3-12H2,1-2H3. The van der Waals surface area contributed by atoms with E-state index in [1.165, 1.54) is 63.4 Å². The lowest BCUT2D eigenvalue weighted by Gasteiger charge is -2.34. The molecule has 2 saturated carbocycles. The normalized spacial score (nSPS) is 23.8. The summed E-state index contributed by atoms with van der Waals surface area (Å²) in [5, 5.41) is 1.21. The van der Waals surface area contributed by atoms with Crippen molar-refractivity contribution in [3.63, 3.8) is 0 Å². The van der Waals surface area contributed by atoms with Gasteiger partial charge in [0.15, 0.2) is 0 Å². The largest absolute Gasteiger partial charge is 0.300 e. The lowest BCUT2D eigenvalue weighted by molar-refractivity contribution is 0.157. The van der Waals surface area contributed by atoms with Gasteiger partial charge >= 0.3 is 0 Å². The van der Waals surface area contributed by atoms with Crippen molar-refractivity contribution in [3.8, 4) is 0 Å². The van der Waals surface area contributed by atoms with E-state index in [0.717, 1.165) is 12.0 Å². The van der Waals surface area contributed by atoms with Crippen LogP contribution in [0.3, 0.4) is 0 Å². The molecule has 0 aliphatic heterocycles. The van der Waals surface area contributed by atoms with Gasteiger partial charge in [0.05, 0.1) is 0 Å². The maximum Gasteiger partial charge on any atom is 0.0100 e. The summed E-state index contributed by atoms with van der Waals surface area (Å²) >= 11 is 3.78. The van der Waals surface area contributed by atoms with E-state index in [2.05, 4.69) is 34.7 Å². The Morgan fingerprint density at radius 1 is 1.24 bits per heavy atom. The van der Waals surface area contributed by atoms with Crippen LogP contribution in [0.2, 0.25) is 0 Å². The SMILES string of the molecule is CC(C)CCN(CC1(CBr)CCCC1)C1CC1. The molecule has 2 heteroatoms. The first-order valence-corrected chi connectivity index (χ1v) is 8.57. The fraction of sp³-hybridized carbons (Fsp3) is 1.00. The molecule has 0 radical (unpaired) electrons. The molecule has 17 heavy (non-hydrogen) atoms. The molecule has 0 unspecified atom stereocenters. The first-order valence-electron chi connectivity index (χ1n) is 7.45. The quantitative estimate of drug-likeness (QED) is 0.628. The molecule has 0 heterocycles. The lowest BCUT2D eigenvalue weighted by atomic mass is 9.88. The van der Waals surface area contributed by atoms with Crippen molar-refractivity contribution in [2.45, 2.75) is 64.8 Å². The lowest BCUT2D eigenvalue weighted by Crippen LogP contribution is -2.39. The Hall–Kier alpha value is 0.440. The molecule has 2 fully saturated rings. The van der Waals surface area contributed by atoms with Crippen LogP contribution in [0, 0.1) is 11.3 Å². The van der Waals surface area contributed by atoms with Crippen molar-refractivity contribution >= 4 is 15.9 Å². The zero-order valence-electron chi connectivity index (χ0n) is 11.6. The Morgan fingerprint density at radius 2 is 1.88 bits per heavy atom. The van der Waals surface area contributed by atoms with Crippen LogP contribution in [-0.4, -0.2) is 29.4 Å². The van der Waals surface area contributed by atoms with Gasteiger partial charge in [-0.2, -0.15) is 0 Å². The third-order valence-electron chi connectivity index (χ3n) is 4.54. The molecule has 0 atom stereocenters. The minimum absolute atomic E-state index is 0.611. The van der Waals surface area contributed by atoms with E-state index in [-0.39, 0.29) is 0 Å². The summed E-state index contributed by atoms with van der Waals surface area (Å²) < 4.78 is 0. The third kappa shape index (κ3) is 3.96. The number of rotatable bonds is 7. The second-order valence-corrected chi connectivity index (χ2v) is 7.29. The van der Waals surface area contributed by atoms with Crippen LogP contribution in [0.25, 0.3) is 0 Å². The molecule has 2 aliphatic carbocycles. The van der Waals surface area contributed by atoms with Crippen LogP contribution in [0.5, 0.6) is 0 Å². The van der Waals surface area contributed by atoms with Crippen molar-refractivity contribution in [2.75, 3.05) is 18.4 Å². The van der Waals surface area contributed by atoms with Crippen LogP contribution < -0.4 is 0 Å². The summed E-state index contributed by atoms with van der Waals surface area (Å²) in [6.45, 7) is 7.38. The molecule has 0 aromatic carbocycles.